The van der Waals surface area contributed by atoms with E-state index in [2.05, 4.69) is 29.3 Å². The molecule has 142 valence electrons. The molecule has 7 nitrogen and oxygen atoms in total. The van der Waals surface area contributed by atoms with Crippen LogP contribution in [0.1, 0.15) is 16.8 Å². The predicted octanol–water partition coefficient (Wildman–Crippen LogP) is 2.09. The summed E-state index contributed by atoms with van der Waals surface area (Å²) in [5.41, 5.74) is 0.426. The zero-order valence-electron chi connectivity index (χ0n) is 14.7. The van der Waals surface area contributed by atoms with Crippen LogP contribution in [0.25, 0.3) is 0 Å². The Morgan fingerprint density at radius 2 is 2.27 bits per heavy atom. The van der Waals surface area contributed by atoms with Crippen molar-refractivity contribution in [2.45, 2.75) is 17.7 Å². The van der Waals surface area contributed by atoms with Gasteiger partial charge in [0.2, 0.25) is 0 Å². The molecule has 2 atom stereocenters. The number of thiol groups is 1. The molecule has 1 aliphatic heterocycles. The molecular weight excluding hydrogens is 356 g/mol. The summed E-state index contributed by atoms with van der Waals surface area (Å²) in [7, 11) is 1.33. The Morgan fingerprint density at radius 3 is 3.00 bits per heavy atom. The lowest BCUT2D eigenvalue weighted by atomic mass is 10.2. The fraction of sp³-hybridized carbons (Fsp3) is 0.444. The minimum absolute atomic E-state index is 0.0141. The number of nitrogens with zero attached hydrogens (tertiary/aromatic N) is 1. The number of likely N-dealkylation sites (tertiary alicyclic amines) is 1. The number of amides is 1. The number of nitrogens with one attached hydrogen (secondary N) is 1. The number of carbonyl (C=O) groups excluding carboxylic acids is 2. The molecule has 1 N–H and O–H groups in total. The van der Waals surface area contributed by atoms with Gasteiger partial charge in [0.15, 0.2) is 0 Å². The Morgan fingerprint density at radius 1 is 1.46 bits per heavy atom. The maximum absolute atomic E-state index is 12.1. The summed E-state index contributed by atoms with van der Waals surface area (Å²) in [6.07, 6.45) is 1.95. The maximum Gasteiger partial charge on any atom is 0.410 e. The van der Waals surface area contributed by atoms with Gasteiger partial charge in [-0.05, 0) is 24.6 Å². The molecule has 1 aromatic rings. The highest BCUT2D eigenvalue weighted by Crippen LogP contribution is 2.22. The third kappa shape index (κ3) is 5.67. The number of carbonyl (C=O) groups is 2. The predicted molar refractivity (Wildman–Crippen MR) is 101 cm³/mol. The van der Waals surface area contributed by atoms with Gasteiger partial charge in [-0.15, -0.1) is 0 Å². The molecule has 0 spiro atoms. The number of esters is 1. The van der Waals surface area contributed by atoms with Crippen LogP contribution in [0.2, 0.25) is 0 Å². The number of methoxy groups -OCH3 is 1. The summed E-state index contributed by atoms with van der Waals surface area (Å²) in [6, 6.07) is 6.74. The lowest BCUT2D eigenvalue weighted by Gasteiger charge is -2.24. The molecule has 1 heterocycles. The first-order valence-corrected chi connectivity index (χ1v) is 8.81. The number of ether oxygens (including phenoxy) is 3. The molecule has 8 heteroatoms. The highest BCUT2D eigenvalue weighted by Gasteiger charge is 2.34. The van der Waals surface area contributed by atoms with Crippen LogP contribution in [-0.4, -0.2) is 61.8 Å². The van der Waals surface area contributed by atoms with Gasteiger partial charge < -0.3 is 19.1 Å². The Kier molecular flexibility index (Phi) is 7.80. The highest BCUT2D eigenvalue weighted by molar-refractivity contribution is 7.81. The monoisotopic (exact) mass is 380 g/mol. The number of rotatable bonds is 8. The van der Waals surface area contributed by atoms with Crippen molar-refractivity contribution in [2.24, 2.45) is 0 Å². The third-order valence-corrected chi connectivity index (χ3v) is 4.30. The quantitative estimate of drug-likeness (QED) is 0.236. The number of hydrogen-bond donors (Lipinski definition) is 2. The van der Waals surface area contributed by atoms with Crippen molar-refractivity contribution in [2.75, 3.05) is 33.5 Å². The fourth-order valence-corrected chi connectivity index (χ4v) is 3.13. The van der Waals surface area contributed by atoms with Gasteiger partial charge in [0.1, 0.15) is 19.1 Å². The summed E-state index contributed by atoms with van der Waals surface area (Å²) >= 11 is 4.47. The summed E-state index contributed by atoms with van der Waals surface area (Å²) < 4.78 is 15.4. The smallest absolute Gasteiger partial charge is 0.410 e. The molecule has 0 aliphatic carbocycles. The van der Waals surface area contributed by atoms with E-state index in [1.807, 2.05) is 0 Å². The van der Waals surface area contributed by atoms with E-state index in [0.29, 0.717) is 24.4 Å². The van der Waals surface area contributed by atoms with Gasteiger partial charge in [0.05, 0.1) is 12.7 Å². The van der Waals surface area contributed by atoms with Crippen LogP contribution in [0.15, 0.2) is 36.9 Å². The first-order chi connectivity index (χ1) is 12.5. The van der Waals surface area contributed by atoms with Crippen molar-refractivity contribution in [3.05, 3.63) is 42.5 Å². The van der Waals surface area contributed by atoms with Crippen molar-refractivity contribution in [1.29, 1.82) is 0 Å². The van der Waals surface area contributed by atoms with Crippen molar-refractivity contribution in [3.63, 3.8) is 0 Å². The second-order valence-electron chi connectivity index (χ2n) is 5.82. The molecule has 0 radical (unpaired) electrons. The minimum atomic E-state index is -0.414. The largest absolute Gasteiger partial charge is 0.478 e. The van der Waals surface area contributed by atoms with Crippen LogP contribution in [-0.2, 0) is 9.47 Å². The van der Waals surface area contributed by atoms with Crippen molar-refractivity contribution < 1.29 is 23.8 Å². The third-order valence-electron chi connectivity index (χ3n) is 3.93. The zero-order chi connectivity index (χ0) is 18.9. The van der Waals surface area contributed by atoms with Crippen molar-refractivity contribution in [1.82, 2.24) is 10.2 Å². The SMILES string of the molecule is C=CCOC(=O)N1C[C@@H](S)C[C@H]1CNCOc1cccc(C(=O)OC)c1. The topological polar surface area (TPSA) is 77.1 Å². The molecule has 26 heavy (non-hydrogen) atoms. The van der Waals surface area contributed by atoms with Crippen LogP contribution >= 0.6 is 12.6 Å². The van der Waals surface area contributed by atoms with Gasteiger partial charge in [-0.25, -0.2) is 9.59 Å². The van der Waals surface area contributed by atoms with Gasteiger partial charge in [0, 0.05) is 24.4 Å². The van der Waals surface area contributed by atoms with Crippen LogP contribution in [0, 0.1) is 0 Å². The summed E-state index contributed by atoms with van der Waals surface area (Å²) in [6.45, 7) is 5.07. The summed E-state index contributed by atoms with van der Waals surface area (Å²) in [5, 5.41) is 3.28. The van der Waals surface area contributed by atoms with Crippen LogP contribution in [0.4, 0.5) is 4.79 Å². The van der Waals surface area contributed by atoms with E-state index in [0.717, 1.165) is 6.42 Å². The second-order valence-corrected chi connectivity index (χ2v) is 6.55. The molecule has 2 rings (SSSR count). The lowest BCUT2D eigenvalue weighted by Crippen LogP contribution is -2.42. The standard InChI is InChI=1S/C18H24N2O5S/c1-3-7-24-18(22)20-11-16(26)9-14(20)10-19-12-25-15-6-4-5-13(8-15)17(21)23-2/h3-6,8,14,16,19,26H,1,7,9-12H2,2H3/t14-,16-/m0/s1. The average molecular weight is 380 g/mol. The van der Waals surface area contributed by atoms with E-state index in [4.69, 9.17) is 9.47 Å². The van der Waals surface area contributed by atoms with E-state index in [1.165, 1.54) is 13.2 Å². The van der Waals surface area contributed by atoms with E-state index in [1.54, 1.807) is 29.2 Å². The van der Waals surface area contributed by atoms with E-state index < -0.39 is 5.97 Å². The maximum atomic E-state index is 12.1. The number of benzene rings is 1. The average Bonchev–Trinajstić information content (AvgIpc) is 3.03. The van der Waals surface area contributed by atoms with E-state index in [-0.39, 0.29) is 30.7 Å². The normalized spacial score (nSPS) is 19.1. The Bertz CT molecular complexity index is 640. The van der Waals surface area contributed by atoms with Gasteiger partial charge in [-0.3, -0.25) is 5.32 Å². The van der Waals surface area contributed by atoms with Gasteiger partial charge in [0.25, 0.3) is 0 Å². The Balaban J connectivity index is 1.80. The van der Waals surface area contributed by atoms with Gasteiger partial charge in [-0.1, -0.05) is 18.7 Å². The molecule has 1 aromatic carbocycles. The molecule has 0 bridgehead atoms. The van der Waals surface area contributed by atoms with Crippen molar-refractivity contribution >= 4 is 24.7 Å². The molecule has 0 unspecified atom stereocenters. The molecule has 0 saturated carbocycles. The molecule has 1 aliphatic rings. The van der Waals surface area contributed by atoms with Crippen LogP contribution in [0.3, 0.4) is 0 Å². The van der Waals surface area contributed by atoms with Gasteiger partial charge in [-0.2, -0.15) is 12.6 Å². The zero-order valence-corrected chi connectivity index (χ0v) is 15.6. The van der Waals surface area contributed by atoms with Crippen molar-refractivity contribution in [3.8, 4) is 5.75 Å². The summed E-state index contributed by atoms with van der Waals surface area (Å²) in [4.78, 5) is 25.3. The van der Waals surface area contributed by atoms with Gasteiger partial charge >= 0.3 is 12.1 Å². The van der Waals surface area contributed by atoms with Crippen LogP contribution in [0.5, 0.6) is 5.75 Å². The summed E-state index contributed by atoms with van der Waals surface area (Å²) in [5.74, 6) is 0.143. The molecule has 1 amide bonds. The first-order valence-electron chi connectivity index (χ1n) is 8.29. The Hall–Kier alpha value is -2.19. The van der Waals surface area contributed by atoms with E-state index in [9.17, 15) is 9.59 Å². The van der Waals surface area contributed by atoms with Crippen LogP contribution < -0.4 is 10.1 Å². The first kappa shape index (κ1) is 20.1. The second kappa shape index (κ2) is 10.1. The minimum Gasteiger partial charge on any atom is -0.478 e. The molecular formula is C18H24N2O5S. The Labute approximate surface area is 158 Å². The number of hydrogen-bond acceptors (Lipinski definition) is 7. The van der Waals surface area contributed by atoms with E-state index >= 15 is 0 Å². The molecule has 0 aromatic heterocycles. The fourth-order valence-electron chi connectivity index (χ4n) is 2.71. The highest BCUT2D eigenvalue weighted by atomic mass is 32.1. The molecule has 1 saturated heterocycles. The lowest BCUT2D eigenvalue weighted by molar-refractivity contribution is 0.0600. The molecule has 1 fully saturated rings.